The van der Waals surface area contributed by atoms with Crippen LogP contribution in [0.3, 0.4) is 0 Å². The number of methoxy groups -OCH3 is 1. The number of esters is 1. The third-order valence-electron chi connectivity index (χ3n) is 2.52. The quantitative estimate of drug-likeness (QED) is 0.733. The van der Waals surface area contributed by atoms with Gasteiger partial charge in [-0.2, -0.15) is 0 Å². The van der Waals surface area contributed by atoms with E-state index in [9.17, 15) is 23.1 Å². The molecule has 1 unspecified atom stereocenters. The van der Waals surface area contributed by atoms with E-state index in [1.54, 1.807) is 0 Å². The fourth-order valence-electron chi connectivity index (χ4n) is 1.44. The Morgan fingerprint density at radius 2 is 2.05 bits per heavy atom. The predicted octanol–water partition coefficient (Wildman–Crippen LogP) is 0.00720. The molecule has 0 fully saturated rings. The summed E-state index contributed by atoms with van der Waals surface area (Å²) in [4.78, 5) is 22.6. The SMILES string of the molecule is COC(=O)C(O)CNC(=O)c1ccc(Cl)c(S(C)(=O)=O)c1. The van der Waals surface area contributed by atoms with Crippen LogP contribution < -0.4 is 5.32 Å². The molecule has 7 nitrogen and oxygen atoms in total. The van der Waals surface area contributed by atoms with Gasteiger partial charge in [0.15, 0.2) is 15.9 Å². The molecule has 1 amide bonds. The maximum atomic E-state index is 11.8. The minimum absolute atomic E-state index is 0.00338. The van der Waals surface area contributed by atoms with Crippen LogP contribution in [0.25, 0.3) is 0 Å². The van der Waals surface area contributed by atoms with Crippen molar-refractivity contribution in [3.8, 4) is 0 Å². The molecular weight excluding hydrogens is 322 g/mol. The van der Waals surface area contributed by atoms with Crippen molar-refractivity contribution >= 4 is 33.3 Å². The third-order valence-corrected chi connectivity index (χ3v) is 4.10. The molecule has 0 aromatic heterocycles. The highest BCUT2D eigenvalue weighted by atomic mass is 35.5. The zero-order chi connectivity index (χ0) is 16.2. The number of amides is 1. The highest BCUT2D eigenvalue weighted by molar-refractivity contribution is 7.90. The summed E-state index contributed by atoms with van der Waals surface area (Å²) in [6, 6.07) is 3.73. The van der Waals surface area contributed by atoms with Crippen LogP contribution in [0.2, 0.25) is 5.02 Å². The lowest BCUT2D eigenvalue weighted by Gasteiger charge is -2.10. The van der Waals surface area contributed by atoms with Gasteiger partial charge in [0.25, 0.3) is 5.91 Å². The molecule has 9 heteroatoms. The first-order chi connectivity index (χ1) is 9.66. The van der Waals surface area contributed by atoms with Crippen LogP contribution in [0.1, 0.15) is 10.4 Å². The van der Waals surface area contributed by atoms with E-state index in [0.29, 0.717) is 0 Å². The van der Waals surface area contributed by atoms with E-state index in [1.165, 1.54) is 12.1 Å². The lowest BCUT2D eigenvalue weighted by molar-refractivity contribution is -0.149. The number of sulfone groups is 1. The number of hydrogen-bond donors (Lipinski definition) is 2. The maximum absolute atomic E-state index is 11.8. The largest absolute Gasteiger partial charge is 0.467 e. The van der Waals surface area contributed by atoms with Crippen molar-refractivity contribution in [3.05, 3.63) is 28.8 Å². The van der Waals surface area contributed by atoms with Crippen LogP contribution in [0.15, 0.2) is 23.1 Å². The van der Waals surface area contributed by atoms with Crippen molar-refractivity contribution in [1.29, 1.82) is 0 Å². The van der Waals surface area contributed by atoms with Gasteiger partial charge < -0.3 is 15.2 Å². The normalized spacial score (nSPS) is 12.6. The van der Waals surface area contributed by atoms with E-state index < -0.39 is 27.8 Å². The molecule has 0 radical (unpaired) electrons. The third kappa shape index (κ3) is 4.69. The van der Waals surface area contributed by atoms with Crippen molar-refractivity contribution in [2.75, 3.05) is 19.9 Å². The molecule has 0 saturated carbocycles. The Kier molecular flexibility index (Phi) is 5.70. The van der Waals surface area contributed by atoms with Crippen LogP contribution in [0.4, 0.5) is 0 Å². The van der Waals surface area contributed by atoms with E-state index in [0.717, 1.165) is 19.4 Å². The zero-order valence-electron chi connectivity index (χ0n) is 11.3. The first-order valence-corrected chi connectivity index (χ1v) is 7.97. The van der Waals surface area contributed by atoms with Gasteiger partial charge in [0.05, 0.1) is 23.6 Å². The molecule has 0 heterocycles. The molecule has 1 aromatic rings. The van der Waals surface area contributed by atoms with Gasteiger partial charge in [0.1, 0.15) is 0 Å². The molecule has 0 spiro atoms. The highest BCUT2D eigenvalue weighted by Crippen LogP contribution is 2.22. The molecule has 1 atom stereocenters. The molecule has 0 saturated heterocycles. The number of aliphatic hydroxyl groups excluding tert-OH is 1. The Balaban J connectivity index is 2.87. The van der Waals surface area contributed by atoms with E-state index >= 15 is 0 Å². The average molecular weight is 336 g/mol. The average Bonchev–Trinajstić information content (AvgIpc) is 2.42. The summed E-state index contributed by atoms with van der Waals surface area (Å²) in [5, 5.41) is 11.6. The minimum Gasteiger partial charge on any atom is -0.467 e. The van der Waals surface area contributed by atoms with Crippen molar-refractivity contribution in [1.82, 2.24) is 5.32 Å². The van der Waals surface area contributed by atoms with Gasteiger partial charge in [0.2, 0.25) is 0 Å². The number of hydrogen-bond acceptors (Lipinski definition) is 6. The number of ether oxygens (including phenoxy) is 1. The molecule has 1 rings (SSSR count). The number of rotatable bonds is 5. The van der Waals surface area contributed by atoms with Gasteiger partial charge in [0, 0.05) is 11.8 Å². The molecule has 1 aromatic carbocycles. The lowest BCUT2D eigenvalue weighted by Crippen LogP contribution is -2.37. The molecule has 21 heavy (non-hydrogen) atoms. The van der Waals surface area contributed by atoms with E-state index in [2.05, 4.69) is 10.1 Å². The fraction of sp³-hybridized carbons (Fsp3) is 0.333. The summed E-state index contributed by atoms with van der Waals surface area (Å²) >= 11 is 5.76. The second-order valence-corrected chi connectivity index (χ2v) is 6.56. The van der Waals surface area contributed by atoms with Crippen molar-refractivity contribution in [2.45, 2.75) is 11.0 Å². The van der Waals surface area contributed by atoms with E-state index in [4.69, 9.17) is 11.6 Å². The number of benzene rings is 1. The smallest absolute Gasteiger partial charge is 0.336 e. The number of carbonyl (C=O) groups excluding carboxylic acids is 2. The predicted molar refractivity (Wildman–Crippen MR) is 74.9 cm³/mol. The lowest BCUT2D eigenvalue weighted by atomic mass is 10.2. The van der Waals surface area contributed by atoms with Crippen LogP contribution in [0.5, 0.6) is 0 Å². The molecule has 0 bridgehead atoms. The van der Waals surface area contributed by atoms with E-state index in [-0.39, 0.29) is 22.0 Å². The van der Waals surface area contributed by atoms with Gasteiger partial charge >= 0.3 is 5.97 Å². The maximum Gasteiger partial charge on any atom is 0.336 e. The molecular formula is C12H14ClNO6S. The first kappa shape index (κ1) is 17.4. The summed E-state index contributed by atoms with van der Waals surface area (Å²) in [7, 11) is -2.47. The minimum atomic E-state index is -3.57. The van der Waals surface area contributed by atoms with E-state index in [1.807, 2.05) is 0 Å². The molecule has 0 aliphatic rings. The summed E-state index contributed by atoms with van der Waals surface area (Å²) in [5.74, 6) is -1.54. The highest BCUT2D eigenvalue weighted by Gasteiger charge is 2.19. The summed E-state index contributed by atoms with van der Waals surface area (Å²) in [6.45, 7) is -0.359. The van der Waals surface area contributed by atoms with Gasteiger partial charge in [-0.05, 0) is 18.2 Å². The molecule has 2 N–H and O–H groups in total. The first-order valence-electron chi connectivity index (χ1n) is 5.70. The number of nitrogens with one attached hydrogen (secondary N) is 1. The molecule has 0 aliphatic heterocycles. The Hall–Kier alpha value is -1.64. The zero-order valence-corrected chi connectivity index (χ0v) is 12.9. The van der Waals surface area contributed by atoms with Gasteiger partial charge in [-0.3, -0.25) is 4.79 Å². The number of carbonyl (C=O) groups is 2. The second-order valence-electron chi connectivity index (χ2n) is 4.17. The monoisotopic (exact) mass is 335 g/mol. The number of aliphatic hydroxyl groups is 1. The van der Waals surface area contributed by atoms with Crippen molar-refractivity contribution in [2.24, 2.45) is 0 Å². The Morgan fingerprint density at radius 3 is 2.57 bits per heavy atom. The van der Waals surface area contributed by atoms with Crippen LogP contribution >= 0.6 is 11.6 Å². The Morgan fingerprint density at radius 1 is 1.43 bits per heavy atom. The van der Waals surface area contributed by atoms with Gasteiger partial charge in [-0.15, -0.1) is 0 Å². The number of halogens is 1. The van der Waals surface area contributed by atoms with Gasteiger partial charge in [-0.25, -0.2) is 13.2 Å². The fourth-order valence-corrected chi connectivity index (χ4v) is 2.74. The van der Waals surface area contributed by atoms with Crippen LogP contribution in [-0.2, 0) is 19.4 Å². The van der Waals surface area contributed by atoms with Crippen LogP contribution in [-0.4, -0.2) is 51.4 Å². The summed E-state index contributed by atoms with van der Waals surface area (Å²) in [6.07, 6.45) is -0.530. The van der Waals surface area contributed by atoms with Crippen LogP contribution in [0, 0.1) is 0 Å². The summed E-state index contributed by atoms with van der Waals surface area (Å²) < 4.78 is 27.3. The summed E-state index contributed by atoms with van der Waals surface area (Å²) in [5.41, 5.74) is 0.0388. The standard InChI is InChI=1S/C12H14ClNO6S/c1-20-12(17)9(15)6-14-11(16)7-3-4-8(13)10(5-7)21(2,18)19/h3-5,9,15H,6H2,1-2H3,(H,14,16). The van der Waals surface area contributed by atoms with Gasteiger partial charge in [-0.1, -0.05) is 11.6 Å². The van der Waals surface area contributed by atoms with Crippen molar-refractivity contribution < 1.29 is 27.9 Å². The van der Waals surface area contributed by atoms with Crippen molar-refractivity contribution in [3.63, 3.8) is 0 Å². The Labute approximate surface area is 126 Å². The second kappa shape index (κ2) is 6.88. The molecule has 116 valence electrons. The molecule has 0 aliphatic carbocycles. The Bertz CT molecular complexity index is 658. The topological polar surface area (TPSA) is 110 Å².